The maximum atomic E-state index is 14.0. The lowest BCUT2D eigenvalue weighted by Crippen LogP contribution is -2.58. The number of carbonyl (C=O) groups is 12. The van der Waals surface area contributed by atoms with E-state index in [0.717, 1.165) is 10.8 Å². The van der Waals surface area contributed by atoms with Crippen LogP contribution in [0, 0.1) is 0 Å². The molecule has 0 fully saturated rings. The standard InChI is InChI=1S/C67H111N27O16/c1-93(34-54(99)85-42(11-3-5-23-68)56(101)87-44(13-7-25-78-64(70)71)58(103)91-50(36-95)60(105)89-46(62(107)108)15-9-27-80-66(74)75)29-21-52(97)82-40-19-17-38-31-39-18-20-41(33-49(39)84-48(38)32-40)83-53(98)22-30-94(2)35-55(100)86-43(12-4-6-24-69)57(102)88-45(14-8-26-79-65(72)73)59(104)92-51(37-96)61(106)90-47(63(109)110)16-10-28-81-67(76)77/h17-20,31-33,42-47,50-51,95-96H,3-16,21-30,34-37,68-69H2,1-2H3,(H,82,97)(H,83,98)(H,85,99)(H,86,100)(H,87,101)(H,88,102)(H,89,105)(H,90,106)(H,91,103)(H,92,104)(H,107,108)(H,109,110)(H4,70,71,78)(H4,72,73,79)(H4,74,75,80)(H4,76,77,81)/t42-,43-,44-,45-,46-,47-,50-,51-/m0/s1. The number of nitrogens with two attached hydrogens (primary N) is 10. The maximum Gasteiger partial charge on any atom is 0.326 e. The van der Waals surface area contributed by atoms with Gasteiger partial charge in [-0.2, -0.15) is 0 Å². The topological polar surface area (TPSA) is 735 Å². The number of pyridine rings is 1. The number of aliphatic imine (C=N–C) groups is 4. The molecule has 0 spiro atoms. The molecule has 0 aliphatic rings. The van der Waals surface area contributed by atoms with E-state index in [-0.39, 0.29) is 166 Å². The minimum Gasteiger partial charge on any atom is -0.480 e. The first kappa shape index (κ1) is 92.8. The Bertz CT molecular complexity index is 3450. The van der Waals surface area contributed by atoms with Gasteiger partial charge in [0.2, 0.25) is 59.1 Å². The average molecular weight is 1550 g/mol. The maximum absolute atomic E-state index is 14.0. The molecule has 43 nitrogen and oxygen atoms in total. The summed E-state index contributed by atoms with van der Waals surface area (Å²) in [5.74, 6) is -11.2. The fourth-order valence-corrected chi connectivity index (χ4v) is 10.8. The second kappa shape index (κ2) is 50.3. The molecule has 0 radical (unpaired) electrons. The number of carbonyl (C=O) groups excluding carboxylic acids is 10. The molecule has 43 heteroatoms. The van der Waals surface area contributed by atoms with Crippen LogP contribution in [0.25, 0.3) is 21.8 Å². The largest absolute Gasteiger partial charge is 0.480 e. The lowest BCUT2D eigenvalue weighted by Gasteiger charge is -2.26. The van der Waals surface area contributed by atoms with Crippen LogP contribution in [0.3, 0.4) is 0 Å². The van der Waals surface area contributed by atoms with E-state index < -0.39 is 133 Å². The van der Waals surface area contributed by atoms with Gasteiger partial charge in [0.25, 0.3) is 0 Å². The highest BCUT2D eigenvalue weighted by Gasteiger charge is 2.34. The van der Waals surface area contributed by atoms with Crippen LogP contribution in [0.2, 0.25) is 0 Å². The minimum atomic E-state index is -1.65. The van der Waals surface area contributed by atoms with Crippen LogP contribution in [-0.2, 0) is 57.5 Å². The summed E-state index contributed by atoms with van der Waals surface area (Å²) < 4.78 is 0. The van der Waals surface area contributed by atoms with E-state index in [2.05, 4.69) is 73.1 Å². The molecule has 0 bridgehead atoms. The Hall–Kier alpha value is -11.4. The van der Waals surface area contributed by atoms with E-state index in [9.17, 15) is 78.0 Å². The van der Waals surface area contributed by atoms with Gasteiger partial charge in [0, 0.05) is 74.3 Å². The summed E-state index contributed by atoms with van der Waals surface area (Å²) in [5, 5.41) is 66.7. The highest BCUT2D eigenvalue weighted by atomic mass is 16.4. The molecule has 3 rings (SSSR count). The number of hydrogen-bond donors (Lipinski definition) is 24. The smallest absolute Gasteiger partial charge is 0.326 e. The van der Waals surface area contributed by atoms with Crippen LogP contribution in [0.4, 0.5) is 11.4 Å². The number of amides is 10. The number of aliphatic hydroxyl groups is 2. The second-order valence-corrected chi connectivity index (χ2v) is 25.9. The van der Waals surface area contributed by atoms with Gasteiger partial charge in [0.05, 0.1) is 37.3 Å². The molecule has 0 aliphatic heterocycles. The van der Waals surface area contributed by atoms with Gasteiger partial charge in [-0.05, 0) is 147 Å². The van der Waals surface area contributed by atoms with Crippen molar-refractivity contribution in [2.75, 3.05) is 103 Å². The number of likely N-dealkylation sites (N-methyl/N-ethyl adjacent to an activating group) is 2. The summed E-state index contributed by atoms with van der Waals surface area (Å²) >= 11 is 0. The number of aromatic nitrogens is 1. The number of guanidine groups is 4. The predicted molar refractivity (Wildman–Crippen MR) is 411 cm³/mol. The number of carboxylic acid groups (broad SMARTS) is 2. The zero-order valence-electron chi connectivity index (χ0n) is 62.1. The van der Waals surface area contributed by atoms with Crippen molar-refractivity contribution < 1.29 is 78.0 Å². The zero-order chi connectivity index (χ0) is 81.8. The van der Waals surface area contributed by atoms with Gasteiger partial charge in [-0.25, -0.2) is 14.6 Å². The molecule has 2 aromatic carbocycles. The quantitative estimate of drug-likeness (QED) is 0.0108. The molecule has 1 aromatic heterocycles. The number of anilines is 2. The summed E-state index contributed by atoms with van der Waals surface area (Å²) in [7, 11) is 3.18. The Balaban J connectivity index is 1.64. The molecule has 8 atom stereocenters. The Morgan fingerprint density at radius 3 is 0.964 bits per heavy atom. The third-order valence-electron chi connectivity index (χ3n) is 16.6. The summed E-state index contributed by atoms with van der Waals surface area (Å²) in [6.45, 7) is -1.50. The van der Waals surface area contributed by atoms with Crippen LogP contribution < -0.4 is 111 Å². The van der Waals surface area contributed by atoms with E-state index in [1.54, 1.807) is 60.3 Å². The first-order chi connectivity index (χ1) is 52.2. The molecule has 1 heterocycles. The Morgan fingerprint density at radius 1 is 0.382 bits per heavy atom. The Kier molecular flexibility index (Phi) is 42.4. The first-order valence-electron chi connectivity index (χ1n) is 35.8. The summed E-state index contributed by atoms with van der Waals surface area (Å²) in [6, 6.07) is 0.833. The molecular weight excluding hydrogens is 1440 g/mol. The van der Waals surface area contributed by atoms with E-state index in [1.807, 2.05) is 6.07 Å². The summed E-state index contributed by atoms with van der Waals surface area (Å²) in [5.41, 5.74) is 56.5. The van der Waals surface area contributed by atoms with Gasteiger partial charge >= 0.3 is 11.9 Å². The van der Waals surface area contributed by atoms with Crippen molar-refractivity contribution in [2.45, 2.75) is 151 Å². The molecule has 0 saturated carbocycles. The predicted octanol–water partition coefficient (Wildman–Crippen LogP) is -7.59. The number of rotatable bonds is 54. The third-order valence-corrected chi connectivity index (χ3v) is 16.6. The van der Waals surface area contributed by atoms with Crippen LogP contribution in [0.1, 0.15) is 103 Å². The third kappa shape index (κ3) is 36.9. The van der Waals surface area contributed by atoms with Crippen molar-refractivity contribution >= 4 is 128 Å². The average Bonchev–Trinajstić information content (AvgIpc) is 0.791. The van der Waals surface area contributed by atoms with Gasteiger partial charge in [-0.15, -0.1) is 0 Å². The second-order valence-electron chi connectivity index (χ2n) is 25.9. The monoisotopic (exact) mass is 1550 g/mol. The van der Waals surface area contributed by atoms with Gasteiger partial charge in [0.1, 0.15) is 48.3 Å². The molecular formula is C67H111N27O16. The number of hydrogen-bond acceptors (Lipinski definition) is 23. The first-order valence-corrected chi connectivity index (χ1v) is 35.8. The fraction of sp³-hybridized carbons (Fsp3) is 0.567. The molecule has 3 aromatic rings. The lowest BCUT2D eigenvalue weighted by atomic mass is 10.1. The number of unbranched alkanes of at least 4 members (excludes halogenated alkanes) is 2. The van der Waals surface area contributed by atoms with Gasteiger partial charge < -0.3 is 131 Å². The number of carboxylic acids is 2. The summed E-state index contributed by atoms with van der Waals surface area (Å²) in [4.78, 5) is 183. The van der Waals surface area contributed by atoms with Crippen molar-refractivity contribution in [1.29, 1.82) is 0 Å². The van der Waals surface area contributed by atoms with Crippen LogP contribution >= 0.6 is 0 Å². The minimum absolute atomic E-state index is 0.0349. The van der Waals surface area contributed by atoms with Crippen molar-refractivity contribution in [1.82, 2.24) is 57.3 Å². The van der Waals surface area contributed by atoms with Crippen LogP contribution in [-0.4, -0.2) is 271 Å². The zero-order valence-corrected chi connectivity index (χ0v) is 62.1. The SMILES string of the molecule is CN(CCC(=O)Nc1ccc2cc3ccc(NC(=O)CCN(C)CC(=O)N[C@@H](CCCCN)C(=O)N[C@@H](CCCN=C(N)N)C(=O)N[C@@H](CO)C(=O)N[C@@H](CCCN=C(N)N)C(=O)O)cc3nc2c1)CC(=O)N[C@@H](CCCCN)C(=O)N[C@@H](CCCN=C(N)N)C(=O)N[C@@H](CO)C(=O)N[C@@H](CCCN=C(N)N)C(=O)O. The van der Waals surface area contributed by atoms with Gasteiger partial charge in [-0.3, -0.25) is 77.7 Å². The van der Waals surface area contributed by atoms with E-state index in [4.69, 9.17) is 62.3 Å². The lowest BCUT2D eigenvalue weighted by molar-refractivity contribution is -0.143. The summed E-state index contributed by atoms with van der Waals surface area (Å²) in [6.07, 6.45) is 2.00. The molecule has 0 aliphatic carbocycles. The highest BCUT2D eigenvalue weighted by molar-refractivity contribution is 6.01. The van der Waals surface area contributed by atoms with Gasteiger partial charge in [-0.1, -0.05) is 12.1 Å². The van der Waals surface area contributed by atoms with Gasteiger partial charge in [0.15, 0.2) is 23.8 Å². The molecule has 0 saturated heterocycles. The van der Waals surface area contributed by atoms with E-state index >= 15 is 0 Å². The molecule has 34 N–H and O–H groups in total. The van der Waals surface area contributed by atoms with Crippen LogP contribution in [0.5, 0.6) is 0 Å². The highest BCUT2D eigenvalue weighted by Crippen LogP contribution is 2.25. The van der Waals surface area contributed by atoms with Crippen LogP contribution in [0.15, 0.2) is 62.4 Å². The Morgan fingerprint density at radius 2 is 0.664 bits per heavy atom. The molecule has 0 unspecified atom stereocenters. The molecule has 610 valence electrons. The number of aliphatic carboxylic acids is 2. The number of benzene rings is 2. The fourth-order valence-electron chi connectivity index (χ4n) is 10.8. The number of aliphatic hydroxyl groups excluding tert-OH is 2. The number of fused-ring (bicyclic) bond motifs is 2. The van der Waals surface area contributed by atoms with Crippen molar-refractivity contribution in [3.05, 3.63) is 42.5 Å². The number of nitrogens with one attached hydrogen (secondary N) is 10. The van der Waals surface area contributed by atoms with Crippen molar-refractivity contribution in [3.63, 3.8) is 0 Å². The number of nitrogens with zero attached hydrogens (tertiary/aromatic N) is 7. The molecule has 10 amide bonds. The molecule has 110 heavy (non-hydrogen) atoms. The normalized spacial score (nSPS) is 13.2. The Labute approximate surface area is 635 Å². The van der Waals surface area contributed by atoms with Crippen molar-refractivity contribution in [3.8, 4) is 0 Å². The van der Waals surface area contributed by atoms with E-state index in [0.29, 0.717) is 48.1 Å². The van der Waals surface area contributed by atoms with Crippen molar-refractivity contribution in [2.24, 2.45) is 77.3 Å². The van der Waals surface area contributed by atoms with E-state index in [1.165, 1.54) is 0 Å².